The van der Waals surface area contributed by atoms with E-state index in [2.05, 4.69) is 19.6 Å². The number of carbonyl (C=O) groups is 2. The molecule has 0 saturated heterocycles. The zero-order chi connectivity index (χ0) is 32.3. The molecule has 45 heavy (non-hydrogen) atoms. The summed E-state index contributed by atoms with van der Waals surface area (Å²) in [7, 11) is -0.00496. The zero-order valence-corrected chi connectivity index (χ0v) is 26.9. The van der Waals surface area contributed by atoms with Crippen LogP contribution in [0, 0.1) is 12.7 Å². The lowest BCUT2D eigenvalue weighted by atomic mass is 9.99. The van der Waals surface area contributed by atoms with E-state index in [9.17, 15) is 9.59 Å². The standard InChI is InChI=1S/C35H35FN2O6Si/c1-22-6-15-27(18-28(22)34(41)42-2)44-35-37-31-19-29(30(36)20-32(31)38(35)21-43-16-17-45(3,4)5)25-11-7-23(8-12-25)24-9-13-26(14-10-24)33(39)40/h6-15,18-20H,16-17,21H2,1-5H3,(H,39,40). The third kappa shape index (κ3) is 7.30. The fourth-order valence-electron chi connectivity index (χ4n) is 4.83. The lowest BCUT2D eigenvalue weighted by molar-refractivity contribution is 0.0598. The Labute approximate surface area is 262 Å². The van der Waals surface area contributed by atoms with Crippen LogP contribution in [0.5, 0.6) is 11.8 Å². The molecule has 0 unspecified atom stereocenters. The number of ether oxygens (including phenoxy) is 3. The highest BCUT2D eigenvalue weighted by Gasteiger charge is 2.19. The second-order valence-electron chi connectivity index (χ2n) is 12.0. The van der Waals surface area contributed by atoms with Gasteiger partial charge in [0.15, 0.2) is 0 Å². The van der Waals surface area contributed by atoms with Gasteiger partial charge < -0.3 is 19.3 Å². The van der Waals surface area contributed by atoms with E-state index in [1.807, 2.05) is 31.2 Å². The molecule has 0 aliphatic rings. The van der Waals surface area contributed by atoms with Crippen molar-refractivity contribution in [2.75, 3.05) is 13.7 Å². The molecule has 0 radical (unpaired) electrons. The van der Waals surface area contributed by atoms with Gasteiger partial charge in [-0.05, 0) is 65.6 Å². The molecule has 5 aromatic rings. The van der Waals surface area contributed by atoms with E-state index in [1.54, 1.807) is 53.1 Å². The second-order valence-corrected chi connectivity index (χ2v) is 17.6. The minimum absolute atomic E-state index is 0.111. The summed E-state index contributed by atoms with van der Waals surface area (Å²) in [6.07, 6.45) is 0. The molecule has 1 heterocycles. The maximum absolute atomic E-state index is 15.7. The van der Waals surface area contributed by atoms with Gasteiger partial charge >= 0.3 is 17.9 Å². The maximum Gasteiger partial charge on any atom is 0.338 e. The minimum atomic E-state index is -1.33. The molecule has 0 aliphatic carbocycles. The van der Waals surface area contributed by atoms with E-state index in [1.165, 1.54) is 13.2 Å². The maximum atomic E-state index is 15.7. The molecule has 0 aliphatic heterocycles. The molecule has 8 nitrogen and oxygen atoms in total. The summed E-state index contributed by atoms with van der Waals surface area (Å²) in [6.45, 7) is 9.28. The average molecular weight is 627 g/mol. The summed E-state index contributed by atoms with van der Waals surface area (Å²) in [5, 5.41) is 9.16. The number of carboxylic acids is 1. The molecule has 0 atom stereocenters. The van der Waals surface area contributed by atoms with Crippen LogP contribution in [0.2, 0.25) is 25.7 Å². The lowest BCUT2D eigenvalue weighted by Crippen LogP contribution is -2.22. The SMILES string of the molecule is COC(=O)c1cc(Oc2nc3cc(-c4ccc(-c5ccc(C(=O)O)cc5)cc4)c(F)cc3n2COCC[Si](C)(C)C)ccc1C. The zero-order valence-electron chi connectivity index (χ0n) is 25.9. The van der Waals surface area contributed by atoms with Crippen molar-refractivity contribution < 1.29 is 33.3 Å². The minimum Gasteiger partial charge on any atom is -0.478 e. The number of hydrogen-bond donors (Lipinski definition) is 1. The van der Waals surface area contributed by atoms with Crippen molar-refractivity contribution in [3.63, 3.8) is 0 Å². The number of imidazole rings is 1. The van der Waals surface area contributed by atoms with E-state index in [-0.39, 0.29) is 18.3 Å². The third-order valence-electron chi connectivity index (χ3n) is 7.50. The van der Waals surface area contributed by atoms with E-state index >= 15 is 4.39 Å². The molecule has 0 fully saturated rings. The Bertz CT molecular complexity index is 1860. The van der Waals surface area contributed by atoms with Crippen LogP contribution in [-0.4, -0.2) is 48.4 Å². The van der Waals surface area contributed by atoms with Gasteiger partial charge in [0.1, 0.15) is 18.3 Å². The molecule has 1 N–H and O–H groups in total. The van der Waals surface area contributed by atoms with Crippen LogP contribution in [0.25, 0.3) is 33.3 Å². The van der Waals surface area contributed by atoms with E-state index in [0.717, 1.165) is 22.7 Å². The molecular formula is C35H35FN2O6Si. The number of hydrogen-bond acceptors (Lipinski definition) is 6. The summed E-state index contributed by atoms with van der Waals surface area (Å²) in [5.41, 5.74) is 5.10. The lowest BCUT2D eigenvalue weighted by Gasteiger charge is -2.16. The molecule has 0 bridgehead atoms. The van der Waals surface area contributed by atoms with Crippen LogP contribution < -0.4 is 4.74 Å². The van der Waals surface area contributed by atoms with Crippen molar-refractivity contribution in [2.45, 2.75) is 39.3 Å². The first-order chi connectivity index (χ1) is 21.4. The van der Waals surface area contributed by atoms with Gasteiger partial charge in [-0.2, -0.15) is 4.98 Å². The predicted molar refractivity (Wildman–Crippen MR) is 174 cm³/mol. The third-order valence-corrected chi connectivity index (χ3v) is 9.21. The molecule has 232 valence electrons. The van der Waals surface area contributed by atoms with Gasteiger partial charge in [-0.15, -0.1) is 0 Å². The first kappa shape index (κ1) is 31.6. The van der Waals surface area contributed by atoms with Crippen LogP contribution in [0.3, 0.4) is 0 Å². The largest absolute Gasteiger partial charge is 0.478 e. The molecule has 10 heteroatoms. The van der Waals surface area contributed by atoms with E-state index < -0.39 is 25.8 Å². The van der Waals surface area contributed by atoms with Crippen LogP contribution in [-0.2, 0) is 16.2 Å². The number of benzene rings is 4. The molecule has 5 rings (SSSR count). The van der Waals surface area contributed by atoms with Gasteiger partial charge in [0.05, 0.1) is 29.3 Å². The van der Waals surface area contributed by atoms with Gasteiger partial charge in [-0.25, -0.2) is 14.0 Å². The highest BCUT2D eigenvalue weighted by Crippen LogP contribution is 2.33. The van der Waals surface area contributed by atoms with Crippen molar-refractivity contribution in [3.8, 4) is 34.0 Å². The molecule has 0 amide bonds. The number of rotatable bonds is 11. The average Bonchev–Trinajstić information content (AvgIpc) is 3.34. The smallest absolute Gasteiger partial charge is 0.338 e. The Hall–Kier alpha value is -4.80. The molecule has 1 aromatic heterocycles. The first-order valence-electron chi connectivity index (χ1n) is 14.5. The Morgan fingerprint density at radius 1 is 0.911 bits per heavy atom. The number of carboxylic acid groups (broad SMARTS) is 1. The van der Waals surface area contributed by atoms with Gasteiger partial charge in [0.2, 0.25) is 0 Å². The molecule has 0 saturated carbocycles. The Balaban J connectivity index is 1.49. The fraction of sp³-hybridized carbons (Fsp3) is 0.229. The molecule has 4 aromatic carbocycles. The van der Waals surface area contributed by atoms with Gasteiger partial charge in [-0.1, -0.05) is 62.1 Å². The Morgan fingerprint density at radius 3 is 2.18 bits per heavy atom. The highest BCUT2D eigenvalue weighted by molar-refractivity contribution is 6.76. The summed E-state index contributed by atoms with van der Waals surface area (Å²) < 4.78 is 34.5. The number of esters is 1. The van der Waals surface area contributed by atoms with E-state index in [4.69, 9.17) is 24.3 Å². The number of halogens is 1. The van der Waals surface area contributed by atoms with Crippen molar-refractivity contribution in [2.24, 2.45) is 0 Å². The van der Waals surface area contributed by atoms with Crippen molar-refractivity contribution in [1.82, 2.24) is 9.55 Å². The van der Waals surface area contributed by atoms with E-state index in [0.29, 0.717) is 40.1 Å². The summed E-state index contributed by atoms with van der Waals surface area (Å²) in [4.78, 5) is 28.2. The number of aromatic carboxylic acids is 1. The summed E-state index contributed by atoms with van der Waals surface area (Å²) in [6, 6.07) is 23.3. The summed E-state index contributed by atoms with van der Waals surface area (Å²) in [5.74, 6) is -1.51. The van der Waals surface area contributed by atoms with Gasteiger partial charge in [-0.3, -0.25) is 4.57 Å². The van der Waals surface area contributed by atoms with Crippen LogP contribution >= 0.6 is 0 Å². The first-order valence-corrected chi connectivity index (χ1v) is 18.2. The van der Waals surface area contributed by atoms with Crippen molar-refractivity contribution >= 4 is 31.0 Å². The van der Waals surface area contributed by atoms with Crippen LogP contribution in [0.4, 0.5) is 4.39 Å². The van der Waals surface area contributed by atoms with Crippen molar-refractivity contribution in [1.29, 1.82) is 0 Å². The number of methoxy groups -OCH3 is 1. The monoisotopic (exact) mass is 626 g/mol. The highest BCUT2D eigenvalue weighted by atomic mass is 28.3. The second kappa shape index (κ2) is 13.1. The van der Waals surface area contributed by atoms with Gasteiger partial charge in [0.25, 0.3) is 0 Å². The quantitative estimate of drug-likeness (QED) is 0.0893. The number of fused-ring (bicyclic) bond motifs is 1. The predicted octanol–water partition coefficient (Wildman–Crippen LogP) is 8.41. The van der Waals surface area contributed by atoms with Crippen LogP contribution in [0.15, 0.2) is 78.9 Å². The Kier molecular flexibility index (Phi) is 9.17. The normalized spacial score (nSPS) is 11.5. The number of aromatic nitrogens is 2. The molecule has 0 spiro atoms. The number of carbonyl (C=O) groups excluding carboxylic acids is 1. The molecular weight excluding hydrogens is 591 g/mol. The Morgan fingerprint density at radius 2 is 1.56 bits per heavy atom. The fourth-order valence-corrected chi connectivity index (χ4v) is 5.59. The topological polar surface area (TPSA) is 99.9 Å². The number of nitrogens with zero attached hydrogens (tertiary/aromatic N) is 2. The number of aryl methyl sites for hydroxylation is 1. The van der Waals surface area contributed by atoms with Crippen LogP contribution in [0.1, 0.15) is 26.3 Å². The summed E-state index contributed by atoms with van der Waals surface area (Å²) >= 11 is 0. The van der Waals surface area contributed by atoms with Gasteiger partial charge in [0, 0.05) is 26.3 Å². The van der Waals surface area contributed by atoms with Crippen molar-refractivity contribution in [3.05, 3.63) is 101 Å².